The van der Waals surface area contributed by atoms with Gasteiger partial charge in [0.2, 0.25) is 0 Å². The van der Waals surface area contributed by atoms with Crippen LogP contribution in [0.4, 0.5) is 9.18 Å². The average Bonchev–Trinajstić information content (AvgIpc) is 3.48. The Morgan fingerprint density at radius 1 is 0.868 bits per heavy atom. The molecule has 0 saturated carbocycles. The maximum absolute atomic E-state index is 13.5. The zero-order chi connectivity index (χ0) is 26.1. The number of carbonyl (C=O) groups excluding carboxylic acids is 1. The number of likely N-dealkylation sites (tertiary alicyclic amines) is 1. The molecule has 0 radical (unpaired) electrons. The quantitative estimate of drug-likeness (QED) is 0.439. The van der Waals surface area contributed by atoms with Gasteiger partial charge in [-0.05, 0) is 79.9 Å². The Labute approximate surface area is 228 Å². The minimum atomic E-state index is -0.235. The molecule has 2 amide bonds. The molecular weight excluding hydrogens is 505 g/mol. The molecule has 2 aromatic carbocycles. The molecule has 0 atom stereocenters. The molecule has 3 aliphatic heterocycles. The minimum Gasteiger partial charge on any atom is -0.379 e. The molecule has 0 bridgehead atoms. The number of nitrogens with zero attached hydrogens (tertiary/aromatic N) is 5. The molecular formula is C29H35ClFN5O2. The van der Waals surface area contributed by atoms with Crippen LogP contribution in [0.15, 0.2) is 48.7 Å². The van der Waals surface area contributed by atoms with Gasteiger partial charge in [-0.25, -0.2) is 9.18 Å². The van der Waals surface area contributed by atoms with Crippen LogP contribution < -0.4 is 0 Å². The van der Waals surface area contributed by atoms with E-state index in [2.05, 4.69) is 32.7 Å². The van der Waals surface area contributed by atoms with Crippen molar-refractivity contribution in [2.24, 2.45) is 0 Å². The number of rotatable bonds is 7. The number of morpholine rings is 1. The van der Waals surface area contributed by atoms with Crippen molar-refractivity contribution in [3.8, 4) is 5.69 Å². The first-order valence-electron chi connectivity index (χ1n) is 13.7. The Hall–Kier alpha value is -2.65. The molecule has 6 rings (SSSR count). The van der Waals surface area contributed by atoms with Crippen molar-refractivity contribution in [1.82, 2.24) is 24.2 Å². The number of ether oxygens (including phenoxy) is 1. The van der Waals surface area contributed by atoms with Gasteiger partial charge in [-0.3, -0.25) is 4.90 Å². The van der Waals surface area contributed by atoms with Gasteiger partial charge in [0.15, 0.2) is 0 Å². The highest BCUT2D eigenvalue weighted by molar-refractivity contribution is 6.31. The number of urea groups is 1. The molecule has 0 aliphatic carbocycles. The van der Waals surface area contributed by atoms with E-state index >= 15 is 0 Å². The van der Waals surface area contributed by atoms with E-state index in [0.717, 1.165) is 94.6 Å². The van der Waals surface area contributed by atoms with E-state index in [1.807, 2.05) is 28.0 Å². The summed E-state index contributed by atoms with van der Waals surface area (Å²) in [6.45, 7) is 9.32. The van der Waals surface area contributed by atoms with E-state index in [9.17, 15) is 9.18 Å². The Balaban J connectivity index is 1.06. The van der Waals surface area contributed by atoms with E-state index in [1.54, 1.807) is 0 Å². The zero-order valence-corrected chi connectivity index (χ0v) is 22.5. The second-order valence-electron chi connectivity index (χ2n) is 10.6. The normalized spacial score (nSPS) is 20.2. The fraction of sp³-hybridized carbons (Fsp3) is 0.483. The van der Waals surface area contributed by atoms with Crippen molar-refractivity contribution in [3.05, 3.63) is 65.1 Å². The van der Waals surface area contributed by atoms with Crippen molar-refractivity contribution in [2.45, 2.75) is 18.8 Å². The Morgan fingerprint density at radius 2 is 1.61 bits per heavy atom. The summed E-state index contributed by atoms with van der Waals surface area (Å²) in [5, 5.41) is 1.90. The molecule has 1 aromatic heterocycles. The van der Waals surface area contributed by atoms with Crippen LogP contribution in [0.3, 0.4) is 0 Å². The van der Waals surface area contributed by atoms with Crippen molar-refractivity contribution in [2.75, 3.05) is 72.2 Å². The highest BCUT2D eigenvalue weighted by atomic mass is 35.5. The predicted molar refractivity (Wildman–Crippen MR) is 148 cm³/mol. The molecule has 0 spiro atoms. The van der Waals surface area contributed by atoms with Gasteiger partial charge in [0.1, 0.15) is 5.82 Å². The molecule has 3 aromatic rings. The highest BCUT2D eigenvalue weighted by Gasteiger charge is 2.31. The first kappa shape index (κ1) is 25.6. The third-order valence-electron chi connectivity index (χ3n) is 8.27. The van der Waals surface area contributed by atoms with E-state index < -0.39 is 0 Å². The molecule has 202 valence electrons. The standard InChI is InChI=1S/C29H35ClFN5O2/c30-23-1-6-28-26(19-23)27(20-36(28)25-4-2-24(31)3-5-25)22-7-9-32(10-8-22)11-12-34-13-14-35(29(34)37)21-33-15-17-38-18-16-33/h1-6,19-20,22H,7-18,21H2. The Kier molecular flexibility index (Phi) is 7.56. The number of benzene rings is 2. The van der Waals surface area contributed by atoms with Crippen molar-refractivity contribution >= 4 is 28.5 Å². The van der Waals surface area contributed by atoms with Gasteiger partial charge < -0.3 is 24.0 Å². The Morgan fingerprint density at radius 3 is 2.37 bits per heavy atom. The number of carbonyl (C=O) groups is 1. The summed E-state index contributed by atoms with van der Waals surface area (Å²) in [6, 6.07) is 12.8. The van der Waals surface area contributed by atoms with Gasteiger partial charge in [0, 0.05) is 61.6 Å². The molecule has 3 saturated heterocycles. The maximum atomic E-state index is 13.5. The van der Waals surface area contributed by atoms with E-state index in [1.165, 1.54) is 23.1 Å². The number of hydrogen-bond donors (Lipinski definition) is 0. The van der Waals surface area contributed by atoms with Crippen LogP contribution in [0.1, 0.15) is 24.3 Å². The highest BCUT2D eigenvalue weighted by Crippen LogP contribution is 2.37. The largest absolute Gasteiger partial charge is 0.379 e. The monoisotopic (exact) mass is 539 g/mol. The van der Waals surface area contributed by atoms with Gasteiger partial charge in [-0.1, -0.05) is 11.6 Å². The van der Waals surface area contributed by atoms with Crippen LogP contribution in [0.25, 0.3) is 16.6 Å². The van der Waals surface area contributed by atoms with Crippen LogP contribution in [-0.4, -0.2) is 102 Å². The third-order valence-corrected chi connectivity index (χ3v) is 8.51. The van der Waals surface area contributed by atoms with Gasteiger partial charge in [0.05, 0.1) is 25.4 Å². The fourth-order valence-electron chi connectivity index (χ4n) is 6.05. The summed E-state index contributed by atoms with van der Waals surface area (Å²) in [5.41, 5.74) is 3.34. The molecule has 3 aliphatic rings. The average molecular weight is 540 g/mol. The summed E-state index contributed by atoms with van der Waals surface area (Å²) < 4.78 is 21.1. The third kappa shape index (κ3) is 5.41. The van der Waals surface area contributed by atoms with E-state index in [4.69, 9.17) is 16.3 Å². The predicted octanol–water partition coefficient (Wildman–Crippen LogP) is 4.63. The van der Waals surface area contributed by atoms with Crippen molar-refractivity contribution in [3.63, 3.8) is 0 Å². The summed E-state index contributed by atoms with van der Waals surface area (Å²) in [7, 11) is 0. The van der Waals surface area contributed by atoms with Gasteiger partial charge >= 0.3 is 6.03 Å². The molecule has 9 heteroatoms. The van der Waals surface area contributed by atoms with Crippen LogP contribution in [0.2, 0.25) is 5.02 Å². The molecule has 3 fully saturated rings. The number of aromatic nitrogens is 1. The second-order valence-corrected chi connectivity index (χ2v) is 11.0. The van der Waals surface area contributed by atoms with Crippen LogP contribution in [0, 0.1) is 5.82 Å². The molecule has 0 unspecified atom stereocenters. The second kappa shape index (κ2) is 11.2. The molecule has 4 heterocycles. The SMILES string of the molecule is O=C1N(CCN2CCC(c3cn(-c4ccc(F)cc4)c4ccc(Cl)cc34)CC2)CCN1CN1CCOCC1. The summed E-state index contributed by atoms with van der Waals surface area (Å²) in [6.07, 6.45) is 4.33. The topological polar surface area (TPSA) is 44.2 Å². The zero-order valence-electron chi connectivity index (χ0n) is 21.7. The summed E-state index contributed by atoms with van der Waals surface area (Å²) >= 11 is 6.40. The lowest BCUT2D eigenvalue weighted by molar-refractivity contribution is 0.0194. The first-order chi connectivity index (χ1) is 18.5. The van der Waals surface area contributed by atoms with Gasteiger partial charge in [-0.2, -0.15) is 0 Å². The number of amides is 2. The van der Waals surface area contributed by atoms with Gasteiger partial charge in [0.25, 0.3) is 0 Å². The first-order valence-corrected chi connectivity index (χ1v) is 14.1. The minimum absolute atomic E-state index is 0.164. The fourth-order valence-corrected chi connectivity index (χ4v) is 6.23. The number of hydrogen-bond acceptors (Lipinski definition) is 4. The lowest BCUT2D eigenvalue weighted by atomic mass is 9.89. The lowest BCUT2D eigenvalue weighted by Crippen LogP contribution is -2.46. The molecule has 7 nitrogen and oxygen atoms in total. The maximum Gasteiger partial charge on any atom is 0.321 e. The van der Waals surface area contributed by atoms with E-state index in [-0.39, 0.29) is 11.8 Å². The van der Waals surface area contributed by atoms with Crippen LogP contribution >= 0.6 is 11.6 Å². The Bertz CT molecular complexity index is 1270. The van der Waals surface area contributed by atoms with E-state index in [0.29, 0.717) is 12.6 Å². The summed E-state index contributed by atoms with van der Waals surface area (Å²) in [5.74, 6) is 0.202. The lowest BCUT2D eigenvalue weighted by Gasteiger charge is -2.33. The number of fused-ring (bicyclic) bond motifs is 1. The molecule has 38 heavy (non-hydrogen) atoms. The molecule has 0 N–H and O–H groups in total. The summed E-state index contributed by atoms with van der Waals surface area (Å²) in [4.78, 5) is 21.7. The van der Waals surface area contributed by atoms with Crippen molar-refractivity contribution in [1.29, 1.82) is 0 Å². The van der Waals surface area contributed by atoms with Crippen LogP contribution in [0.5, 0.6) is 0 Å². The van der Waals surface area contributed by atoms with Crippen molar-refractivity contribution < 1.29 is 13.9 Å². The van der Waals surface area contributed by atoms with Crippen LogP contribution in [-0.2, 0) is 4.74 Å². The smallest absolute Gasteiger partial charge is 0.321 e. The van der Waals surface area contributed by atoms with Gasteiger partial charge in [-0.15, -0.1) is 0 Å². The number of halogens is 2. The number of piperidine rings is 1.